The van der Waals surface area contributed by atoms with E-state index in [1.165, 1.54) is 6.33 Å². The SMILES string of the molecule is CCCNC(=O)C1=C(N)c2cccc(-c3ccncn3)c2NC1O. The molecule has 0 radical (unpaired) electrons. The number of anilines is 1. The van der Waals surface area contributed by atoms with Crippen LogP contribution < -0.4 is 16.4 Å². The number of fused-ring (bicyclic) bond motifs is 1. The van der Waals surface area contributed by atoms with Gasteiger partial charge in [-0.3, -0.25) is 4.79 Å². The number of aromatic nitrogens is 2. The number of nitrogens with zero attached hydrogens (tertiary/aromatic N) is 2. The van der Waals surface area contributed by atoms with E-state index in [1.54, 1.807) is 18.3 Å². The second-order valence-corrected chi connectivity index (χ2v) is 5.45. The second kappa shape index (κ2) is 6.67. The number of aliphatic hydroxyl groups is 1. The molecule has 1 aliphatic rings. The Labute approximate surface area is 139 Å². The van der Waals surface area contributed by atoms with Gasteiger partial charge < -0.3 is 21.5 Å². The Morgan fingerprint density at radius 2 is 2.17 bits per heavy atom. The minimum atomic E-state index is -1.18. The topological polar surface area (TPSA) is 113 Å². The number of hydrogen-bond donors (Lipinski definition) is 4. The Morgan fingerprint density at radius 3 is 2.88 bits per heavy atom. The Morgan fingerprint density at radius 1 is 1.38 bits per heavy atom. The summed E-state index contributed by atoms with van der Waals surface area (Å²) >= 11 is 0. The van der Waals surface area contributed by atoms with Crippen LogP contribution in [0.1, 0.15) is 18.9 Å². The molecule has 5 N–H and O–H groups in total. The summed E-state index contributed by atoms with van der Waals surface area (Å²) in [5.74, 6) is -0.368. The van der Waals surface area contributed by atoms with E-state index in [4.69, 9.17) is 5.73 Å². The van der Waals surface area contributed by atoms with Gasteiger partial charge in [0.15, 0.2) is 6.23 Å². The molecule has 24 heavy (non-hydrogen) atoms. The van der Waals surface area contributed by atoms with Gasteiger partial charge in [0.1, 0.15) is 6.33 Å². The second-order valence-electron chi connectivity index (χ2n) is 5.45. The van der Waals surface area contributed by atoms with Gasteiger partial charge in [-0.25, -0.2) is 9.97 Å². The van der Waals surface area contributed by atoms with Crippen molar-refractivity contribution in [3.63, 3.8) is 0 Å². The van der Waals surface area contributed by atoms with Crippen molar-refractivity contribution in [1.82, 2.24) is 15.3 Å². The lowest BCUT2D eigenvalue weighted by Gasteiger charge is -2.28. The number of hydrogen-bond acceptors (Lipinski definition) is 6. The van der Waals surface area contributed by atoms with Crippen molar-refractivity contribution < 1.29 is 9.90 Å². The Balaban J connectivity index is 2.07. The molecular weight excluding hydrogens is 306 g/mol. The van der Waals surface area contributed by atoms with E-state index in [9.17, 15) is 9.90 Å². The average Bonchev–Trinajstić information content (AvgIpc) is 2.60. The van der Waals surface area contributed by atoms with Crippen LogP contribution in [0.25, 0.3) is 17.0 Å². The number of carbonyl (C=O) groups is 1. The Kier molecular flexibility index (Phi) is 4.43. The minimum absolute atomic E-state index is 0.135. The van der Waals surface area contributed by atoms with Crippen LogP contribution in [-0.2, 0) is 4.79 Å². The van der Waals surface area contributed by atoms with Crippen molar-refractivity contribution in [3.8, 4) is 11.3 Å². The number of para-hydroxylation sites is 1. The van der Waals surface area contributed by atoms with Gasteiger partial charge in [0.2, 0.25) is 0 Å². The van der Waals surface area contributed by atoms with Crippen molar-refractivity contribution in [2.45, 2.75) is 19.6 Å². The van der Waals surface area contributed by atoms with Gasteiger partial charge in [-0.05, 0) is 12.5 Å². The molecule has 0 saturated heterocycles. The monoisotopic (exact) mass is 325 g/mol. The Bertz CT molecular complexity index is 789. The molecule has 1 aliphatic heterocycles. The van der Waals surface area contributed by atoms with Gasteiger partial charge in [-0.1, -0.05) is 25.1 Å². The molecule has 1 atom stereocenters. The van der Waals surface area contributed by atoms with Crippen molar-refractivity contribution in [2.75, 3.05) is 11.9 Å². The third kappa shape index (κ3) is 2.81. The van der Waals surface area contributed by atoms with Crippen molar-refractivity contribution in [2.24, 2.45) is 5.73 Å². The predicted molar refractivity (Wildman–Crippen MR) is 91.5 cm³/mol. The van der Waals surface area contributed by atoms with Crippen molar-refractivity contribution >= 4 is 17.3 Å². The van der Waals surface area contributed by atoms with E-state index < -0.39 is 6.23 Å². The van der Waals surface area contributed by atoms with E-state index >= 15 is 0 Å². The molecule has 0 bridgehead atoms. The fourth-order valence-corrected chi connectivity index (χ4v) is 2.68. The standard InChI is InChI=1S/C17H19N5O2/c1-2-7-20-16(23)13-14(18)11-5-3-4-10(15(11)22-17(13)24)12-6-8-19-9-21-12/h3-6,8-9,17,22,24H,2,7,18H2,1H3,(H,20,23). The summed E-state index contributed by atoms with van der Waals surface area (Å²) < 4.78 is 0. The van der Waals surface area contributed by atoms with Crippen LogP contribution in [0.15, 0.2) is 42.4 Å². The lowest BCUT2D eigenvalue weighted by Crippen LogP contribution is -2.38. The highest BCUT2D eigenvalue weighted by Crippen LogP contribution is 2.37. The van der Waals surface area contributed by atoms with Crippen LogP contribution in [0.3, 0.4) is 0 Å². The molecule has 2 heterocycles. The molecule has 1 unspecified atom stereocenters. The summed E-state index contributed by atoms with van der Waals surface area (Å²) in [6.45, 7) is 2.48. The smallest absolute Gasteiger partial charge is 0.253 e. The first kappa shape index (κ1) is 15.9. The third-order valence-corrected chi connectivity index (χ3v) is 3.84. The normalized spacial score (nSPS) is 16.3. The molecule has 1 aromatic carbocycles. The predicted octanol–water partition coefficient (Wildman–Crippen LogP) is 1.08. The fourth-order valence-electron chi connectivity index (χ4n) is 2.68. The number of nitrogens with one attached hydrogen (secondary N) is 2. The van der Waals surface area contributed by atoms with Crippen LogP contribution in [0.4, 0.5) is 5.69 Å². The highest BCUT2D eigenvalue weighted by molar-refractivity contribution is 6.05. The maximum Gasteiger partial charge on any atom is 0.253 e. The molecular formula is C17H19N5O2. The lowest BCUT2D eigenvalue weighted by atomic mass is 9.94. The maximum absolute atomic E-state index is 12.3. The first-order valence-corrected chi connectivity index (χ1v) is 7.75. The van der Waals surface area contributed by atoms with E-state index in [0.717, 1.165) is 12.0 Å². The zero-order valence-electron chi connectivity index (χ0n) is 13.3. The number of carbonyl (C=O) groups excluding carboxylic acids is 1. The van der Waals surface area contributed by atoms with E-state index in [2.05, 4.69) is 20.6 Å². The van der Waals surface area contributed by atoms with Gasteiger partial charge in [0.25, 0.3) is 5.91 Å². The summed E-state index contributed by atoms with van der Waals surface area (Å²) in [6, 6.07) is 7.29. The third-order valence-electron chi connectivity index (χ3n) is 3.84. The molecule has 7 nitrogen and oxygen atoms in total. The molecule has 3 rings (SSSR count). The van der Waals surface area contributed by atoms with E-state index in [0.29, 0.717) is 23.5 Å². The fraction of sp³-hybridized carbons (Fsp3) is 0.235. The molecule has 2 aromatic rings. The molecule has 7 heteroatoms. The van der Waals surface area contributed by atoms with Gasteiger partial charge in [0, 0.05) is 23.9 Å². The number of nitrogens with two attached hydrogens (primary N) is 1. The van der Waals surface area contributed by atoms with Crippen LogP contribution >= 0.6 is 0 Å². The van der Waals surface area contributed by atoms with E-state index in [-0.39, 0.29) is 17.2 Å². The highest BCUT2D eigenvalue weighted by atomic mass is 16.3. The van der Waals surface area contributed by atoms with Crippen LogP contribution in [0.5, 0.6) is 0 Å². The summed E-state index contributed by atoms with van der Waals surface area (Å²) in [5.41, 5.74) is 9.38. The molecule has 0 spiro atoms. The van der Waals surface area contributed by atoms with Crippen LogP contribution in [0.2, 0.25) is 0 Å². The molecule has 0 saturated carbocycles. The van der Waals surface area contributed by atoms with Crippen LogP contribution in [0, 0.1) is 0 Å². The summed E-state index contributed by atoms with van der Waals surface area (Å²) in [4.78, 5) is 20.4. The first-order chi connectivity index (χ1) is 11.6. The molecule has 1 amide bonds. The summed E-state index contributed by atoms with van der Waals surface area (Å²) in [6.07, 6.45) is 2.72. The number of amides is 1. The van der Waals surface area contributed by atoms with E-state index in [1.807, 2.05) is 19.1 Å². The van der Waals surface area contributed by atoms with Crippen molar-refractivity contribution in [1.29, 1.82) is 0 Å². The zero-order valence-corrected chi connectivity index (χ0v) is 13.3. The number of rotatable bonds is 4. The quantitative estimate of drug-likeness (QED) is 0.669. The average molecular weight is 325 g/mol. The molecule has 0 aliphatic carbocycles. The zero-order chi connectivity index (χ0) is 17.1. The summed E-state index contributed by atoms with van der Waals surface area (Å²) in [7, 11) is 0. The number of benzene rings is 1. The van der Waals surface area contributed by atoms with Gasteiger partial charge in [-0.15, -0.1) is 0 Å². The highest BCUT2D eigenvalue weighted by Gasteiger charge is 2.30. The number of aliphatic hydroxyl groups excluding tert-OH is 1. The van der Waals surface area contributed by atoms with Crippen LogP contribution in [-0.4, -0.2) is 33.8 Å². The minimum Gasteiger partial charge on any atom is -0.398 e. The molecule has 124 valence electrons. The van der Waals surface area contributed by atoms with Gasteiger partial charge in [0.05, 0.1) is 22.7 Å². The van der Waals surface area contributed by atoms with Crippen molar-refractivity contribution in [3.05, 3.63) is 47.9 Å². The maximum atomic E-state index is 12.3. The Hall–Kier alpha value is -2.93. The lowest BCUT2D eigenvalue weighted by molar-refractivity contribution is -0.118. The molecule has 0 fully saturated rings. The first-order valence-electron chi connectivity index (χ1n) is 7.75. The summed E-state index contributed by atoms with van der Waals surface area (Å²) in [5, 5.41) is 16.1. The molecule has 1 aromatic heterocycles. The van der Waals surface area contributed by atoms with Gasteiger partial charge >= 0.3 is 0 Å². The largest absolute Gasteiger partial charge is 0.398 e. The van der Waals surface area contributed by atoms with Gasteiger partial charge in [-0.2, -0.15) is 0 Å².